The molecule has 0 saturated carbocycles. The van der Waals surface area contributed by atoms with Crippen molar-refractivity contribution < 1.29 is 14.1 Å². The SMILES string of the molecule is CCC(C)(C)NC(=O)[C@@]1(Cc2cc([C@H]3CCOC3)no2)CCCNC1. The van der Waals surface area contributed by atoms with Gasteiger partial charge < -0.3 is 19.9 Å². The second-order valence-electron chi connectivity index (χ2n) is 8.21. The van der Waals surface area contributed by atoms with Crippen LogP contribution in [-0.4, -0.2) is 42.9 Å². The van der Waals surface area contributed by atoms with Crippen molar-refractivity contribution in [2.24, 2.45) is 5.41 Å². The van der Waals surface area contributed by atoms with E-state index in [4.69, 9.17) is 9.26 Å². The predicted octanol–water partition coefficient (Wildman–Crippen LogP) is 2.40. The van der Waals surface area contributed by atoms with Crippen molar-refractivity contribution in [3.8, 4) is 0 Å². The van der Waals surface area contributed by atoms with E-state index in [1.165, 1.54) is 0 Å². The quantitative estimate of drug-likeness (QED) is 0.825. The van der Waals surface area contributed by atoms with Crippen LogP contribution in [0.1, 0.15) is 63.8 Å². The minimum atomic E-state index is -0.465. The molecule has 2 saturated heterocycles. The van der Waals surface area contributed by atoms with Crippen LogP contribution < -0.4 is 10.6 Å². The number of rotatable bonds is 6. The summed E-state index contributed by atoms with van der Waals surface area (Å²) >= 11 is 0. The Bertz CT molecular complexity index is 584. The molecule has 0 radical (unpaired) electrons. The van der Waals surface area contributed by atoms with Crippen LogP contribution in [0.5, 0.6) is 0 Å². The van der Waals surface area contributed by atoms with E-state index < -0.39 is 5.41 Å². The summed E-state index contributed by atoms with van der Waals surface area (Å²) in [4.78, 5) is 13.1. The predicted molar refractivity (Wildman–Crippen MR) is 95.4 cm³/mol. The van der Waals surface area contributed by atoms with Crippen LogP contribution in [0.4, 0.5) is 0 Å². The lowest BCUT2D eigenvalue weighted by molar-refractivity contribution is -0.134. The number of hydrogen-bond donors (Lipinski definition) is 2. The summed E-state index contributed by atoms with van der Waals surface area (Å²) in [7, 11) is 0. The van der Waals surface area contributed by atoms with Crippen LogP contribution in [0.15, 0.2) is 10.6 Å². The minimum absolute atomic E-state index is 0.119. The number of ether oxygens (including phenoxy) is 1. The van der Waals surface area contributed by atoms with E-state index in [0.717, 1.165) is 50.3 Å². The Balaban J connectivity index is 1.75. The standard InChI is InChI=1S/C19H31N3O3/c1-4-18(2,3)21-17(23)19(7-5-8-20-13-19)11-15-10-16(22-25-15)14-6-9-24-12-14/h10,14,20H,4-9,11-13H2,1-3H3,(H,21,23)/t14-,19+/m0/s1. The smallest absolute Gasteiger partial charge is 0.228 e. The molecule has 1 aromatic rings. The number of amides is 1. The van der Waals surface area contributed by atoms with Gasteiger partial charge in [0, 0.05) is 37.1 Å². The van der Waals surface area contributed by atoms with Gasteiger partial charge in [-0.05, 0) is 46.1 Å². The molecule has 0 unspecified atom stereocenters. The molecule has 3 rings (SSSR count). The highest BCUT2D eigenvalue weighted by Gasteiger charge is 2.42. The maximum atomic E-state index is 13.1. The van der Waals surface area contributed by atoms with Gasteiger partial charge in [0.05, 0.1) is 17.7 Å². The van der Waals surface area contributed by atoms with Crippen molar-refractivity contribution in [2.75, 3.05) is 26.3 Å². The Hall–Kier alpha value is -1.40. The first-order valence-corrected chi connectivity index (χ1v) is 9.51. The number of carbonyl (C=O) groups excluding carboxylic acids is 1. The molecule has 2 aliphatic rings. The number of carbonyl (C=O) groups is 1. The van der Waals surface area contributed by atoms with Crippen molar-refractivity contribution in [3.05, 3.63) is 17.5 Å². The molecule has 0 bridgehead atoms. The summed E-state index contributed by atoms with van der Waals surface area (Å²) in [5.74, 6) is 1.24. The second kappa shape index (κ2) is 7.46. The normalized spacial score (nSPS) is 27.4. The average Bonchev–Trinajstić information content (AvgIpc) is 3.26. The zero-order chi connectivity index (χ0) is 17.9. The third kappa shape index (κ3) is 4.23. The first-order valence-electron chi connectivity index (χ1n) is 9.51. The van der Waals surface area contributed by atoms with Crippen LogP contribution in [0, 0.1) is 5.41 Å². The van der Waals surface area contributed by atoms with Crippen molar-refractivity contribution in [1.29, 1.82) is 0 Å². The topological polar surface area (TPSA) is 76.4 Å². The monoisotopic (exact) mass is 349 g/mol. The Morgan fingerprint density at radius 1 is 1.52 bits per heavy atom. The van der Waals surface area contributed by atoms with Crippen molar-refractivity contribution in [2.45, 2.75) is 64.3 Å². The molecule has 3 heterocycles. The molecular weight excluding hydrogens is 318 g/mol. The van der Waals surface area contributed by atoms with Gasteiger partial charge in [-0.15, -0.1) is 0 Å². The van der Waals surface area contributed by atoms with Crippen LogP contribution in [-0.2, 0) is 16.0 Å². The fourth-order valence-electron chi connectivity index (χ4n) is 3.63. The Labute approximate surface area is 150 Å². The van der Waals surface area contributed by atoms with E-state index in [1.54, 1.807) is 0 Å². The van der Waals surface area contributed by atoms with Gasteiger partial charge in [0.2, 0.25) is 5.91 Å². The lowest BCUT2D eigenvalue weighted by Crippen LogP contribution is -2.56. The van der Waals surface area contributed by atoms with Crippen molar-refractivity contribution >= 4 is 5.91 Å². The molecule has 0 aromatic carbocycles. The first-order chi connectivity index (χ1) is 11.9. The van der Waals surface area contributed by atoms with Crippen molar-refractivity contribution in [1.82, 2.24) is 15.8 Å². The van der Waals surface area contributed by atoms with Gasteiger partial charge in [-0.3, -0.25) is 4.79 Å². The maximum Gasteiger partial charge on any atom is 0.228 e. The van der Waals surface area contributed by atoms with Gasteiger partial charge in [0.1, 0.15) is 5.76 Å². The van der Waals surface area contributed by atoms with Crippen LogP contribution in [0.25, 0.3) is 0 Å². The third-order valence-corrected chi connectivity index (χ3v) is 5.73. The first kappa shape index (κ1) is 18.4. The molecule has 6 heteroatoms. The molecule has 0 aliphatic carbocycles. The van der Waals surface area contributed by atoms with E-state index >= 15 is 0 Å². The molecule has 1 amide bonds. The molecule has 2 atom stereocenters. The number of nitrogens with zero attached hydrogens (tertiary/aromatic N) is 1. The van der Waals surface area contributed by atoms with Crippen LogP contribution >= 0.6 is 0 Å². The number of nitrogens with one attached hydrogen (secondary N) is 2. The van der Waals surface area contributed by atoms with E-state index in [2.05, 4.69) is 36.6 Å². The van der Waals surface area contributed by atoms with E-state index in [0.29, 0.717) is 25.5 Å². The van der Waals surface area contributed by atoms with Gasteiger partial charge in [-0.25, -0.2) is 0 Å². The third-order valence-electron chi connectivity index (χ3n) is 5.73. The molecule has 2 N–H and O–H groups in total. The largest absolute Gasteiger partial charge is 0.381 e. The van der Waals surface area contributed by atoms with Crippen molar-refractivity contribution in [3.63, 3.8) is 0 Å². The molecule has 2 aliphatic heterocycles. The summed E-state index contributed by atoms with van der Waals surface area (Å²) in [6.07, 6.45) is 4.35. The molecule has 140 valence electrons. The summed E-state index contributed by atoms with van der Waals surface area (Å²) in [5.41, 5.74) is 0.295. The molecule has 25 heavy (non-hydrogen) atoms. The van der Waals surface area contributed by atoms with Gasteiger partial charge in [0.25, 0.3) is 0 Å². The number of aromatic nitrogens is 1. The van der Waals surface area contributed by atoms with E-state index in [-0.39, 0.29) is 11.4 Å². The minimum Gasteiger partial charge on any atom is -0.381 e. The van der Waals surface area contributed by atoms with Gasteiger partial charge in [-0.1, -0.05) is 12.1 Å². The zero-order valence-electron chi connectivity index (χ0n) is 15.7. The summed E-state index contributed by atoms with van der Waals surface area (Å²) in [6.45, 7) is 9.38. The average molecular weight is 349 g/mol. The van der Waals surface area contributed by atoms with Gasteiger partial charge >= 0.3 is 0 Å². The summed E-state index contributed by atoms with van der Waals surface area (Å²) < 4.78 is 11.0. The van der Waals surface area contributed by atoms with Gasteiger partial charge in [0.15, 0.2) is 0 Å². The molecule has 1 aromatic heterocycles. The molecular formula is C19H31N3O3. The lowest BCUT2D eigenvalue weighted by atomic mass is 9.75. The van der Waals surface area contributed by atoms with E-state index in [9.17, 15) is 4.79 Å². The van der Waals surface area contributed by atoms with E-state index in [1.807, 2.05) is 6.07 Å². The number of hydrogen-bond acceptors (Lipinski definition) is 5. The Kier molecular flexibility index (Phi) is 5.49. The highest BCUT2D eigenvalue weighted by molar-refractivity contribution is 5.84. The fraction of sp³-hybridized carbons (Fsp3) is 0.789. The van der Waals surface area contributed by atoms with Crippen LogP contribution in [0.3, 0.4) is 0 Å². The zero-order valence-corrected chi connectivity index (χ0v) is 15.7. The molecule has 2 fully saturated rings. The number of piperidine rings is 1. The lowest BCUT2D eigenvalue weighted by Gasteiger charge is -2.38. The fourth-order valence-corrected chi connectivity index (χ4v) is 3.63. The van der Waals surface area contributed by atoms with Gasteiger partial charge in [-0.2, -0.15) is 0 Å². The molecule has 0 spiro atoms. The molecule has 6 nitrogen and oxygen atoms in total. The highest BCUT2D eigenvalue weighted by atomic mass is 16.5. The summed E-state index contributed by atoms with van der Waals surface area (Å²) in [6, 6.07) is 2.02. The maximum absolute atomic E-state index is 13.1. The highest BCUT2D eigenvalue weighted by Crippen LogP contribution is 2.33. The summed E-state index contributed by atoms with van der Waals surface area (Å²) in [5, 5.41) is 10.9. The Morgan fingerprint density at radius 3 is 3.00 bits per heavy atom. The second-order valence-corrected chi connectivity index (χ2v) is 8.21. The Morgan fingerprint density at radius 2 is 2.36 bits per heavy atom. The van der Waals surface area contributed by atoms with Crippen LogP contribution in [0.2, 0.25) is 0 Å².